The van der Waals surface area contributed by atoms with E-state index < -0.39 is 0 Å². The number of H-pyrrole nitrogens is 1. The van der Waals surface area contributed by atoms with Gasteiger partial charge in [-0.1, -0.05) is 23.9 Å². The number of amides is 1. The molecule has 0 atom stereocenters. The molecule has 0 spiro atoms. The van der Waals surface area contributed by atoms with Crippen LogP contribution in [0.15, 0.2) is 40.3 Å². The van der Waals surface area contributed by atoms with Crippen molar-refractivity contribution in [1.82, 2.24) is 9.97 Å². The molecule has 2 N–H and O–H groups in total. The summed E-state index contributed by atoms with van der Waals surface area (Å²) in [7, 11) is 0. The van der Waals surface area contributed by atoms with E-state index >= 15 is 0 Å². The lowest BCUT2D eigenvalue weighted by Crippen LogP contribution is -2.16. The zero-order chi connectivity index (χ0) is 15.9. The summed E-state index contributed by atoms with van der Waals surface area (Å²) in [6.45, 7) is 4.14. The Bertz CT molecular complexity index is 715. The molecule has 0 aliphatic rings. The van der Waals surface area contributed by atoms with Crippen molar-refractivity contribution < 1.29 is 9.53 Å². The van der Waals surface area contributed by atoms with Crippen molar-refractivity contribution in [2.45, 2.75) is 19.0 Å². The van der Waals surface area contributed by atoms with E-state index in [0.717, 1.165) is 0 Å². The van der Waals surface area contributed by atoms with E-state index in [-0.39, 0.29) is 17.2 Å². The fourth-order valence-electron chi connectivity index (χ4n) is 1.79. The molecule has 0 bridgehead atoms. The molecular formula is C15H17N3O3S. The number of carbonyl (C=O) groups excluding carboxylic acids is 1. The van der Waals surface area contributed by atoms with Crippen LogP contribution in [0.25, 0.3) is 0 Å². The van der Waals surface area contributed by atoms with Crippen molar-refractivity contribution in [3.63, 3.8) is 0 Å². The number of carbonyl (C=O) groups is 1. The number of ether oxygens (including phenoxy) is 1. The Morgan fingerprint density at radius 2 is 2.18 bits per heavy atom. The van der Waals surface area contributed by atoms with Crippen LogP contribution in [0.3, 0.4) is 0 Å². The zero-order valence-corrected chi connectivity index (χ0v) is 13.2. The highest BCUT2D eigenvalue weighted by Crippen LogP contribution is 2.24. The highest BCUT2D eigenvalue weighted by Gasteiger charge is 2.09. The summed E-state index contributed by atoms with van der Waals surface area (Å²) in [5.74, 6) is 0.582. The first-order chi connectivity index (χ1) is 10.6. The predicted molar refractivity (Wildman–Crippen MR) is 86.6 cm³/mol. The summed E-state index contributed by atoms with van der Waals surface area (Å²) >= 11 is 1.18. The number of thioether (sulfide) groups is 1. The van der Waals surface area contributed by atoms with Crippen molar-refractivity contribution in [3.05, 3.63) is 46.4 Å². The molecule has 6 nitrogen and oxygen atoms in total. The lowest BCUT2D eigenvalue weighted by atomic mass is 10.3. The average molecular weight is 319 g/mol. The summed E-state index contributed by atoms with van der Waals surface area (Å²) in [4.78, 5) is 30.1. The normalized spacial score (nSPS) is 10.3. The van der Waals surface area contributed by atoms with E-state index in [2.05, 4.69) is 15.3 Å². The van der Waals surface area contributed by atoms with Crippen molar-refractivity contribution in [1.29, 1.82) is 0 Å². The molecule has 0 fully saturated rings. The maximum absolute atomic E-state index is 12.0. The summed E-state index contributed by atoms with van der Waals surface area (Å²) in [6.07, 6.45) is 0. The minimum atomic E-state index is -0.225. The van der Waals surface area contributed by atoms with Gasteiger partial charge in [-0.25, -0.2) is 4.98 Å². The van der Waals surface area contributed by atoms with Gasteiger partial charge in [0.2, 0.25) is 5.91 Å². The Morgan fingerprint density at radius 3 is 2.91 bits per heavy atom. The van der Waals surface area contributed by atoms with Crippen LogP contribution >= 0.6 is 11.8 Å². The molecule has 0 aliphatic carbocycles. The Morgan fingerprint density at radius 1 is 1.41 bits per heavy atom. The Kier molecular flexibility index (Phi) is 5.60. The molecule has 1 heterocycles. The second-order valence-electron chi connectivity index (χ2n) is 4.46. The number of rotatable bonds is 6. The minimum absolute atomic E-state index is 0.146. The van der Waals surface area contributed by atoms with Crippen molar-refractivity contribution in [3.8, 4) is 5.75 Å². The zero-order valence-electron chi connectivity index (χ0n) is 12.4. The van der Waals surface area contributed by atoms with Crippen LogP contribution in [-0.4, -0.2) is 28.2 Å². The molecule has 116 valence electrons. The highest BCUT2D eigenvalue weighted by molar-refractivity contribution is 7.99. The monoisotopic (exact) mass is 319 g/mol. The van der Waals surface area contributed by atoms with Crippen molar-refractivity contribution in [2.75, 3.05) is 17.7 Å². The van der Waals surface area contributed by atoms with E-state index in [9.17, 15) is 9.59 Å². The number of benzene rings is 1. The predicted octanol–water partition coefficient (Wildman–Crippen LogP) is 2.21. The van der Waals surface area contributed by atoms with Gasteiger partial charge in [0.15, 0.2) is 5.16 Å². The largest absolute Gasteiger partial charge is 0.492 e. The average Bonchev–Trinajstić information content (AvgIpc) is 2.46. The van der Waals surface area contributed by atoms with Gasteiger partial charge in [-0.15, -0.1) is 0 Å². The summed E-state index contributed by atoms with van der Waals surface area (Å²) in [6, 6.07) is 8.65. The number of para-hydroxylation sites is 2. The molecule has 1 amide bonds. The number of aromatic nitrogens is 2. The third-order valence-corrected chi connectivity index (χ3v) is 3.52. The fraction of sp³-hybridized carbons (Fsp3) is 0.267. The van der Waals surface area contributed by atoms with Gasteiger partial charge < -0.3 is 15.0 Å². The lowest BCUT2D eigenvalue weighted by Gasteiger charge is -2.10. The lowest BCUT2D eigenvalue weighted by molar-refractivity contribution is -0.113. The van der Waals surface area contributed by atoms with Crippen LogP contribution in [0, 0.1) is 6.92 Å². The number of hydrogen-bond donors (Lipinski definition) is 2. The molecule has 2 aromatic rings. The number of anilines is 1. The van der Waals surface area contributed by atoms with Gasteiger partial charge in [-0.3, -0.25) is 9.59 Å². The van der Waals surface area contributed by atoms with Crippen LogP contribution in [0.4, 0.5) is 5.69 Å². The molecule has 1 aromatic carbocycles. The van der Waals surface area contributed by atoms with Crippen molar-refractivity contribution >= 4 is 23.4 Å². The molecule has 0 saturated carbocycles. The Balaban J connectivity index is 1.97. The highest BCUT2D eigenvalue weighted by atomic mass is 32.2. The first kappa shape index (κ1) is 16.1. The first-order valence-electron chi connectivity index (χ1n) is 6.81. The number of nitrogens with zero attached hydrogens (tertiary/aromatic N) is 1. The molecule has 0 unspecified atom stereocenters. The fourth-order valence-corrected chi connectivity index (χ4v) is 2.51. The quantitative estimate of drug-likeness (QED) is 0.630. The molecular weight excluding hydrogens is 302 g/mol. The first-order valence-corrected chi connectivity index (χ1v) is 7.79. The smallest absolute Gasteiger partial charge is 0.251 e. The van der Waals surface area contributed by atoms with Crippen LogP contribution in [0.5, 0.6) is 5.75 Å². The SMILES string of the molecule is CCOc1ccccc1NC(=O)CSc1nc(C)cc(=O)[nH]1. The van der Waals surface area contributed by atoms with Gasteiger partial charge in [0.05, 0.1) is 18.0 Å². The Hall–Kier alpha value is -2.28. The van der Waals surface area contributed by atoms with Gasteiger partial charge in [0, 0.05) is 11.8 Å². The van der Waals surface area contributed by atoms with Gasteiger partial charge in [-0.2, -0.15) is 0 Å². The third kappa shape index (κ3) is 4.63. The molecule has 22 heavy (non-hydrogen) atoms. The second-order valence-corrected chi connectivity index (χ2v) is 5.42. The number of aryl methyl sites for hydroxylation is 1. The third-order valence-electron chi connectivity index (χ3n) is 2.65. The summed E-state index contributed by atoms with van der Waals surface area (Å²) in [5.41, 5.74) is 1.02. The standard InChI is InChI=1S/C15H17N3O3S/c1-3-21-12-7-5-4-6-11(12)17-14(20)9-22-15-16-10(2)8-13(19)18-15/h4-8H,3,9H2,1-2H3,(H,17,20)(H,16,18,19). The van der Waals surface area contributed by atoms with E-state index in [4.69, 9.17) is 4.74 Å². The molecule has 0 radical (unpaired) electrons. The van der Waals surface area contributed by atoms with E-state index in [1.165, 1.54) is 17.8 Å². The second kappa shape index (κ2) is 7.65. The number of nitrogens with one attached hydrogen (secondary N) is 2. The maximum Gasteiger partial charge on any atom is 0.251 e. The Labute approximate surface area is 132 Å². The van der Waals surface area contributed by atoms with Gasteiger partial charge in [0.1, 0.15) is 5.75 Å². The van der Waals surface area contributed by atoms with Crippen LogP contribution in [-0.2, 0) is 4.79 Å². The maximum atomic E-state index is 12.0. The van der Waals surface area contributed by atoms with Crippen molar-refractivity contribution in [2.24, 2.45) is 0 Å². The van der Waals surface area contributed by atoms with Crippen LogP contribution < -0.4 is 15.6 Å². The van der Waals surface area contributed by atoms with E-state index in [0.29, 0.717) is 28.9 Å². The summed E-state index contributed by atoms with van der Waals surface area (Å²) < 4.78 is 5.45. The van der Waals surface area contributed by atoms with Crippen LogP contribution in [0.2, 0.25) is 0 Å². The number of hydrogen-bond acceptors (Lipinski definition) is 5. The van der Waals surface area contributed by atoms with E-state index in [1.807, 2.05) is 19.1 Å². The topological polar surface area (TPSA) is 84.1 Å². The molecule has 7 heteroatoms. The molecule has 2 rings (SSSR count). The summed E-state index contributed by atoms with van der Waals surface area (Å²) in [5, 5.41) is 3.22. The van der Waals surface area contributed by atoms with Gasteiger partial charge >= 0.3 is 0 Å². The van der Waals surface area contributed by atoms with Gasteiger partial charge in [0.25, 0.3) is 5.56 Å². The molecule has 0 saturated heterocycles. The molecule has 1 aromatic heterocycles. The van der Waals surface area contributed by atoms with Crippen LogP contribution in [0.1, 0.15) is 12.6 Å². The van der Waals surface area contributed by atoms with E-state index in [1.54, 1.807) is 19.1 Å². The minimum Gasteiger partial charge on any atom is -0.492 e. The number of aromatic amines is 1. The molecule has 0 aliphatic heterocycles. The van der Waals surface area contributed by atoms with Gasteiger partial charge in [-0.05, 0) is 26.0 Å².